The summed E-state index contributed by atoms with van der Waals surface area (Å²) in [5.41, 5.74) is 2.44. The van der Waals surface area contributed by atoms with Crippen molar-refractivity contribution in [3.05, 3.63) is 71.8 Å². The number of amides is 3. The molecule has 4 aliphatic carbocycles. The fourth-order valence-corrected chi connectivity index (χ4v) is 10.5. The van der Waals surface area contributed by atoms with Gasteiger partial charge >= 0.3 is 5.97 Å². The smallest absolute Gasteiger partial charge is 0.307 e. The average molecular weight is 763 g/mol. The number of hydrogen-bond donors (Lipinski definition) is 2. The maximum absolute atomic E-state index is 12.7. The molecule has 0 spiro atoms. The highest BCUT2D eigenvalue weighted by atomic mass is 32.2. The zero-order valence-corrected chi connectivity index (χ0v) is 32.8. The highest BCUT2D eigenvalue weighted by Gasteiger charge is 2.46. The van der Waals surface area contributed by atoms with Crippen molar-refractivity contribution in [3.63, 3.8) is 0 Å². The molecule has 4 saturated carbocycles. The number of nitrogens with one attached hydrogen (secondary N) is 1. The number of thioether (sulfide) groups is 2. The Balaban J connectivity index is 0.000000150. The third-order valence-corrected chi connectivity index (χ3v) is 14.3. The van der Waals surface area contributed by atoms with Gasteiger partial charge in [-0.1, -0.05) is 86.3 Å². The fourth-order valence-electron chi connectivity index (χ4n) is 8.07. The molecular weight excluding hydrogens is 705 g/mol. The average Bonchev–Trinajstić information content (AvgIpc) is 4.07. The van der Waals surface area contributed by atoms with Gasteiger partial charge in [0, 0.05) is 68.8 Å². The second-order valence-electron chi connectivity index (χ2n) is 15.3. The lowest BCUT2D eigenvalue weighted by molar-refractivity contribution is -0.139. The van der Waals surface area contributed by atoms with Crippen molar-refractivity contribution in [2.24, 2.45) is 11.8 Å². The van der Waals surface area contributed by atoms with E-state index in [0.29, 0.717) is 54.8 Å². The summed E-state index contributed by atoms with van der Waals surface area (Å²) in [5.74, 6) is 2.20. The van der Waals surface area contributed by atoms with Gasteiger partial charge in [-0.25, -0.2) is 0 Å². The number of piperazine rings is 2. The van der Waals surface area contributed by atoms with E-state index >= 15 is 0 Å². The van der Waals surface area contributed by atoms with Crippen LogP contribution in [0.5, 0.6) is 0 Å². The molecule has 2 saturated heterocycles. The Labute approximate surface area is 324 Å². The highest BCUT2D eigenvalue weighted by Crippen LogP contribution is 2.49. The fraction of sp³-hybridized carbons (Fsp3) is 0.619. The molecule has 4 atom stereocenters. The van der Waals surface area contributed by atoms with Gasteiger partial charge in [0.1, 0.15) is 0 Å². The van der Waals surface area contributed by atoms with E-state index in [1.807, 2.05) is 86.8 Å². The lowest BCUT2D eigenvalue weighted by Crippen LogP contribution is -2.51. The molecule has 9 nitrogen and oxygen atoms in total. The Morgan fingerprint density at radius 1 is 0.585 bits per heavy atom. The van der Waals surface area contributed by atoms with Crippen molar-refractivity contribution in [2.75, 3.05) is 63.9 Å². The SMILES string of the molecule is O=C(CSC1CCCC1)N1CCN(C(=O)[C@@H]2C[C@H]2c2ccccc2)CC1.O=C(CSC1CCCC1)N1CCNCC1.O=C(O)[C@@H]1C[C@H]1c1ccccc1. The van der Waals surface area contributed by atoms with Crippen molar-refractivity contribution < 1.29 is 24.3 Å². The summed E-state index contributed by atoms with van der Waals surface area (Å²) in [6.07, 6.45) is 12.3. The van der Waals surface area contributed by atoms with Gasteiger partial charge in [-0.3, -0.25) is 19.2 Å². The van der Waals surface area contributed by atoms with Crippen LogP contribution in [0.15, 0.2) is 60.7 Å². The van der Waals surface area contributed by atoms with Crippen LogP contribution in [0, 0.1) is 11.8 Å². The number of carbonyl (C=O) groups excluding carboxylic acids is 3. The van der Waals surface area contributed by atoms with Crippen LogP contribution in [-0.2, 0) is 19.2 Å². The third kappa shape index (κ3) is 12.0. The topological polar surface area (TPSA) is 110 Å². The van der Waals surface area contributed by atoms with E-state index in [0.717, 1.165) is 49.8 Å². The Morgan fingerprint density at radius 3 is 1.45 bits per heavy atom. The molecule has 288 valence electrons. The van der Waals surface area contributed by atoms with Gasteiger partial charge in [0.25, 0.3) is 0 Å². The Kier molecular flexibility index (Phi) is 15.0. The maximum atomic E-state index is 12.7. The largest absolute Gasteiger partial charge is 0.481 e. The summed E-state index contributed by atoms with van der Waals surface area (Å²) >= 11 is 3.71. The van der Waals surface area contributed by atoms with Gasteiger partial charge < -0.3 is 25.1 Å². The highest BCUT2D eigenvalue weighted by molar-refractivity contribution is 8.00. The van der Waals surface area contributed by atoms with Gasteiger partial charge in [-0.15, -0.1) is 23.5 Å². The number of benzene rings is 2. The molecule has 53 heavy (non-hydrogen) atoms. The van der Waals surface area contributed by atoms with Crippen LogP contribution in [0.3, 0.4) is 0 Å². The summed E-state index contributed by atoms with van der Waals surface area (Å²) in [5, 5.41) is 13.4. The Morgan fingerprint density at radius 2 is 1.00 bits per heavy atom. The second kappa shape index (κ2) is 20.1. The molecule has 2 aromatic rings. The predicted molar refractivity (Wildman–Crippen MR) is 214 cm³/mol. The molecule has 2 aliphatic heterocycles. The van der Waals surface area contributed by atoms with Gasteiger partial charge in [-0.2, -0.15) is 0 Å². The van der Waals surface area contributed by atoms with E-state index in [2.05, 4.69) is 17.4 Å². The van der Waals surface area contributed by atoms with Crippen molar-refractivity contribution in [2.45, 2.75) is 86.5 Å². The number of rotatable bonds is 10. The Hall–Kier alpha value is -3.02. The van der Waals surface area contributed by atoms with E-state index in [4.69, 9.17) is 5.11 Å². The molecule has 3 amide bonds. The molecular formula is C42H58N4O5S2. The minimum Gasteiger partial charge on any atom is -0.481 e. The number of carboxylic acid groups (broad SMARTS) is 1. The lowest BCUT2D eigenvalue weighted by Gasteiger charge is -2.35. The predicted octanol–water partition coefficient (Wildman–Crippen LogP) is 6.11. The Bertz CT molecular complexity index is 1470. The molecule has 0 unspecified atom stereocenters. The van der Waals surface area contributed by atoms with E-state index in [-0.39, 0.29) is 29.6 Å². The monoisotopic (exact) mass is 762 g/mol. The van der Waals surface area contributed by atoms with Gasteiger partial charge in [0.05, 0.1) is 17.4 Å². The van der Waals surface area contributed by atoms with Crippen LogP contribution in [0.2, 0.25) is 0 Å². The van der Waals surface area contributed by atoms with Gasteiger partial charge in [0.2, 0.25) is 17.7 Å². The van der Waals surface area contributed by atoms with Crippen LogP contribution in [0.25, 0.3) is 0 Å². The first-order valence-corrected chi connectivity index (χ1v) is 22.1. The zero-order valence-electron chi connectivity index (χ0n) is 31.1. The number of hydrogen-bond acceptors (Lipinski definition) is 7. The molecule has 0 bridgehead atoms. The molecule has 2 N–H and O–H groups in total. The first kappa shape index (κ1) is 39.7. The molecule has 6 fully saturated rings. The van der Waals surface area contributed by atoms with Crippen LogP contribution < -0.4 is 5.32 Å². The van der Waals surface area contributed by atoms with Crippen LogP contribution in [0.4, 0.5) is 0 Å². The van der Waals surface area contributed by atoms with Crippen molar-refractivity contribution >= 4 is 47.2 Å². The first-order valence-electron chi connectivity index (χ1n) is 20.0. The number of carboxylic acids is 1. The van der Waals surface area contributed by atoms with Crippen molar-refractivity contribution in [1.82, 2.24) is 20.0 Å². The molecule has 0 aromatic heterocycles. The molecule has 2 heterocycles. The van der Waals surface area contributed by atoms with E-state index < -0.39 is 5.97 Å². The molecule has 11 heteroatoms. The number of aliphatic carboxylic acids is 1. The van der Waals surface area contributed by atoms with Crippen LogP contribution >= 0.6 is 23.5 Å². The van der Waals surface area contributed by atoms with Crippen molar-refractivity contribution in [3.8, 4) is 0 Å². The molecule has 2 aromatic carbocycles. The standard InChI is InChI=1S/C21H28N2O2S.C11H20N2OS.C10H10O2/c24-20(15-26-17-8-4-5-9-17)22-10-12-23(13-11-22)21(25)19-14-18(19)16-6-2-1-3-7-16;14-11(13-7-5-12-6-8-13)9-15-10-3-1-2-4-10;11-10(12)9-6-8(9)7-4-2-1-3-5-7/h1-3,6-7,17-19H,4-5,8-15H2;10,12H,1-9H2;1-5,8-9H,6H2,(H,11,12)/t18-,19+;;8-,9+/m0.0/s1. The van der Waals surface area contributed by atoms with E-state index in [1.54, 1.807) is 0 Å². The van der Waals surface area contributed by atoms with E-state index in [1.165, 1.54) is 56.9 Å². The van der Waals surface area contributed by atoms with Crippen LogP contribution in [-0.4, -0.2) is 118 Å². The minimum absolute atomic E-state index is 0.132. The first-order chi connectivity index (χ1) is 25.9. The van der Waals surface area contributed by atoms with Crippen LogP contribution in [0.1, 0.15) is 87.2 Å². The zero-order chi connectivity index (χ0) is 37.0. The van der Waals surface area contributed by atoms with E-state index in [9.17, 15) is 19.2 Å². The molecule has 8 rings (SSSR count). The summed E-state index contributed by atoms with van der Waals surface area (Å²) in [7, 11) is 0. The van der Waals surface area contributed by atoms with Gasteiger partial charge in [0.15, 0.2) is 0 Å². The molecule has 6 aliphatic rings. The second-order valence-corrected chi connectivity index (χ2v) is 17.9. The summed E-state index contributed by atoms with van der Waals surface area (Å²) < 4.78 is 0. The maximum Gasteiger partial charge on any atom is 0.307 e. The summed E-state index contributed by atoms with van der Waals surface area (Å²) in [6, 6.07) is 20.2. The normalized spacial score (nSPS) is 25.5. The number of carbonyl (C=O) groups is 4. The number of nitrogens with zero attached hydrogens (tertiary/aromatic N) is 3. The minimum atomic E-state index is -0.663. The van der Waals surface area contributed by atoms with Gasteiger partial charge in [-0.05, 0) is 61.5 Å². The van der Waals surface area contributed by atoms with Crippen molar-refractivity contribution in [1.29, 1.82) is 0 Å². The summed E-state index contributed by atoms with van der Waals surface area (Å²) in [4.78, 5) is 53.5. The quantitative estimate of drug-likeness (QED) is 0.299. The summed E-state index contributed by atoms with van der Waals surface area (Å²) in [6.45, 7) is 6.47. The lowest BCUT2D eigenvalue weighted by atomic mass is 10.1. The molecule has 0 radical (unpaired) electrons. The third-order valence-electron chi connectivity index (χ3n) is 11.6.